The number of aliphatic carboxylic acids is 1. The van der Waals surface area contributed by atoms with Crippen molar-refractivity contribution in [2.24, 2.45) is 5.73 Å². The van der Waals surface area contributed by atoms with Crippen molar-refractivity contribution in [1.29, 1.82) is 0 Å². The van der Waals surface area contributed by atoms with E-state index in [4.69, 9.17) is 10.8 Å². The first-order valence-corrected chi connectivity index (χ1v) is 5.47. The zero-order valence-electron chi connectivity index (χ0n) is 10.4. The largest absolute Gasteiger partial charge is 0.479 e. The fraction of sp³-hybridized carbons (Fsp3) is 0.909. The van der Waals surface area contributed by atoms with E-state index in [-0.39, 0.29) is 11.1 Å². The van der Waals surface area contributed by atoms with Gasteiger partial charge in [-0.05, 0) is 40.5 Å². The standard InChI is InChI=1S/C11H22N2O3/c1-9(2)5-11(12,7(14)8(15)16)6-10(3,4)13-9/h7,13-14H,5-6,12H2,1-4H3,(H,15,16). The number of hydrogen-bond donors (Lipinski definition) is 4. The summed E-state index contributed by atoms with van der Waals surface area (Å²) in [6.07, 6.45) is -0.665. The van der Waals surface area contributed by atoms with Gasteiger partial charge in [0.1, 0.15) is 0 Å². The molecule has 0 saturated carbocycles. The summed E-state index contributed by atoms with van der Waals surface area (Å²) in [5, 5.41) is 22.0. The lowest BCUT2D eigenvalue weighted by molar-refractivity contribution is -0.153. The Balaban J connectivity index is 3.00. The first kappa shape index (κ1) is 13.4. The van der Waals surface area contributed by atoms with Crippen molar-refractivity contribution in [3.05, 3.63) is 0 Å². The van der Waals surface area contributed by atoms with Crippen LogP contribution in [0.4, 0.5) is 0 Å². The molecule has 1 heterocycles. The molecule has 0 radical (unpaired) electrons. The van der Waals surface area contributed by atoms with Gasteiger partial charge in [-0.2, -0.15) is 0 Å². The Hall–Kier alpha value is -0.650. The van der Waals surface area contributed by atoms with Crippen LogP contribution in [0.1, 0.15) is 40.5 Å². The average molecular weight is 230 g/mol. The topological polar surface area (TPSA) is 95.6 Å². The van der Waals surface area contributed by atoms with Crippen LogP contribution in [-0.2, 0) is 4.79 Å². The fourth-order valence-electron chi connectivity index (χ4n) is 3.15. The van der Waals surface area contributed by atoms with E-state index in [9.17, 15) is 9.90 Å². The molecule has 5 heteroatoms. The summed E-state index contributed by atoms with van der Waals surface area (Å²) >= 11 is 0. The van der Waals surface area contributed by atoms with Crippen molar-refractivity contribution < 1.29 is 15.0 Å². The quantitative estimate of drug-likeness (QED) is 0.538. The van der Waals surface area contributed by atoms with E-state index in [1.807, 2.05) is 27.7 Å². The van der Waals surface area contributed by atoms with Gasteiger partial charge in [-0.25, -0.2) is 4.79 Å². The van der Waals surface area contributed by atoms with Gasteiger partial charge >= 0.3 is 5.97 Å². The van der Waals surface area contributed by atoms with Crippen LogP contribution < -0.4 is 11.1 Å². The Bertz CT molecular complexity index is 284. The number of piperidine rings is 1. The first-order valence-electron chi connectivity index (χ1n) is 5.47. The lowest BCUT2D eigenvalue weighted by Crippen LogP contribution is -2.70. The van der Waals surface area contributed by atoms with Crippen LogP contribution in [0.25, 0.3) is 0 Å². The summed E-state index contributed by atoms with van der Waals surface area (Å²) in [6.45, 7) is 7.85. The molecule has 0 amide bonds. The molecule has 5 nitrogen and oxygen atoms in total. The summed E-state index contributed by atoms with van der Waals surface area (Å²) in [5.41, 5.74) is 4.44. The number of aliphatic hydroxyl groups is 1. The number of nitrogens with one attached hydrogen (secondary N) is 1. The molecule has 0 aromatic carbocycles. The van der Waals surface area contributed by atoms with E-state index in [1.54, 1.807) is 0 Å². The third-order valence-corrected chi connectivity index (χ3v) is 3.00. The summed E-state index contributed by atoms with van der Waals surface area (Å²) in [5.74, 6) is -1.25. The minimum absolute atomic E-state index is 0.285. The number of carboxylic acid groups (broad SMARTS) is 1. The van der Waals surface area contributed by atoms with Gasteiger partial charge in [0.15, 0.2) is 6.10 Å². The maximum absolute atomic E-state index is 10.9. The molecular formula is C11H22N2O3. The maximum Gasteiger partial charge on any atom is 0.334 e. The molecule has 16 heavy (non-hydrogen) atoms. The predicted octanol–water partition coefficient (Wildman–Crippen LogP) is 0.0700. The Morgan fingerprint density at radius 2 is 1.62 bits per heavy atom. The molecular weight excluding hydrogens is 208 g/mol. The molecule has 0 aromatic heterocycles. The summed E-state index contributed by atoms with van der Waals surface area (Å²) in [4.78, 5) is 10.9. The third-order valence-electron chi connectivity index (χ3n) is 3.00. The summed E-state index contributed by atoms with van der Waals surface area (Å²) < 4.78 is 0. The van der Waals surface area contributed by atoms with Crippen LogP contribution in [0.15, 0.2) is 0 Å². The summed E-state index contributed by atoms with van der Waals surface area (Å²) in [7, 11) is 0. The minimum atomic E-state index is -1.52. The third kappa shape index (κ3) is 2.72. The van der Waals surface area contributed by atoms with Crippen molar-refractivity contribution in [3.8, 4) is 0 Å². The average Bonchev–Trinajstić information content (AvgIpc) is 1.95. The van der Waals surface area contributed by atoms with Gasteiger partial charge in [0.05, 0.1) is 5.54 Å². The Morgan fingerprint density at radius 3 is 1.94 bits per heavy atom. The molecule has 1 aliphatic rings. The molecule has 0 spiro atoms. The summed E-state index contributed by atoms with van der Waals surface area (Å²) in [6, 6.07) is 0. The van der Waals surface area contributed by atoms with Crippen molar-refractivity contribution in [1.82, 2.24) is 5.32 Å². The van der Waals surface area contributed by atoms with E-state index in [1.165, 1.54) is 0 Å². The Morgan fingerprint density at radius 1 is 1.25 bits per heavy atom. The highest BCUT2D eigenvalue weighted by Gasteiger charge is 2.50. The highest BCUT2D eigenvalue weighted by Crippen LogP contribution is 2.36. The second kappa shape index (κ2) is 3.68. The molecule has 1 atom stereocenters. The minimum Gasteiger partial charge on any atom is -0.479 e. The van der Waals surface area contributed by atoms with Crippen LogP contribution in [-0.4, -0.2) is 38.9 Å². The number of carbonyl (C=O) groups is 1. The first-order chi connectivity index (χ1) is 6.98. The lowest BCUT2D eigenvalue weighted by atomic mass is 9.69. The van der Waals surface area contributed by atoms with Crippen LogP contribution >= 0.6 is 0 Å². The number of carboxylic acids is 1. The normalized spacial score (nSPS) is 28.4. The van der Waals surface area contributed by atoms with Gasteiger partial charge in [-0.3, -0.25) is 0 Å². The molecule has 1 aliphatic heterocycles. The van der Waals surface area contributed by atoms with E-state index in [0.717, 1.165) is 0 Å². The van der Waals surface area contributed by atoms with Gasteiger partial charge in [-0.15, -0.1) is 0 Å². The van der Waals surface area contributed by atoms with Gasteiger partial charge in [0.2, 0.25) is 0 Å². The van der Waals surface area contributed by atoms with E-state index >= 15 is 0 Å². The molecule has 0 aromatic rings. The van der Waals surface area contributed by atoms with Crippen molar-refractivity contribution in [3.63, 3.8) is 0 Å². The lowest BCUT2D eigenvalue weighted by Gasteiger charge is -2.52. The molecule has 1 saturated heterocycles. The maximum atomic E-state index is 10.9. The number of aliphatic hydroxyl groups excluding tert-OH is 1. The second-order valence-electron chi connectivity index (χ2n) is 6.22. The van der Waals surface area contributed by atoms with Crippen molar-refractivity contribution in [2.75, 3.05) is 0 Å². The SMILES string of the molecule is CC1(C)CC(N)(C(O)C(=O)O)CC(C)(C)N1. The molecule has 1 unspecified atom stereocenters. The number of rotatable bonds is 2. The molecule has 1 fully saturated rings. The zero-order chi connectivity index (χ0) is 12.8. The molecule has 94 valence electrons. The predicted molar refractivity (Wildman–Crippen MR) is 61.1 cm³/mol. The van der Waals surface area contributed by atoms with Crippen molar-refractivity contribution >= 4 is 5.97 Å². The number of hydrogen-bond acceptors (Lipinski definition) is 4. The van der Waals surface area contributed by atoms with E-state index in [0.29, 0.717) is 12.8 Å². The Kier molecular flexibility index (Phi) is 3.09. The fourth-order valence-corrected chi connectivity index (χ4v) is 3.15. The van der Waals surface area contributed by atoms with Gasteiger partial charge in [-0.1, -0.05) is 0 Å². The van der Waals surface area contributed by atoms with E-state index < -0.39 is 17.6 Å². The van der Waals surface area contributed by atoms with Gasteiger partial charge in [0, 0.05) is 11.1 Å². The van der Waals surface area contributed by atoms with Crippen molar-refractivity contribution in [2.45, 2.75) is 63.3 Å². The molecule has 0 bridgehead atoms. The van der Waals surface area contributed by atoms with Crippen LogP contribution in [0.2, 0.25) is 0 Å². The van der Waals surface area contributed by atoms with E-state index in [2.05, 4.69) is 5.32 Å². The van der Waals surface area contributed by atoms with Crippen LogP contribution in [0.3, 0.4) is 0 Å². The van der Waals surface area contributed by atoms with Crippen LogP contribution in [0.5, 0.6) is 0 Å². The van der Waals surface area contributed by atoms with Gasteiger partial charge < -0.3 is 21.3 Å². The van der Waals surface area contributed by atoms with Crippen LogP contribution in [0, 0.1) is 0 Å². The highest BCUT2D eigenvalue weighted by molar-refractivity contribution is 5.74. The second-order valence-corrected chi connectivity index (χ2v) is 6.22. The Labute approximate surface area is 96.0 Å². The monoisotopic (exact) mass is 230 g/mol. The smallest absolute Gasteiger partial charge is 0.334 e. The van der Waals surface area contributed by atoms with Gasteiger partial charge in [0.25, 0.3) is 0 Å². The highest BCUT2D eigenvalue weighted by atomic mass is 16.4. The molecule has 1 rings (SSSR count). The zero-order valence-corrected chi connectivity index (χ0v) is 10.4. The molecule has 0 aliphatic carbocycles. The number of nitrogens with two attached hydrogens (primary N) is 1. The molecule has 5 N–H and O–H groups in total.